The van der Waals surface area contributed by atoms with Gasteiger partial charge in [0.2, 0.25) is 11.8 Å². The molecule has 5 heteroatoms. The number of rotatable bonds is 9. The minimum atomic E-state index is 0.0132. The van der Waals surface area contributed by atoms with Crippen molar-refractivity contribution in [2.75, 3.05) is 6.54 Å². The molecule has 0 bridgehead atoms. The van der Waals surface area contributed by atoms with Gasteiger partial charge in [0.05, 0.1) is 13.0 Å². The van der Waals surface area contributed by atoms with Gasteiger partial charge >= 0.3 is 0 Å². The van der Waals surface area contributed by atoms with Gasteiger partial charge in [-0.15, -0.1) is 11.3 Å². The molecular formula is C28H32N2O2S. The van der Waals surface area contributed by atoms with Crippen molar-refractivity contribution in [3.63, 3.8) is 0 Å². The summed E-state index contributed by atoms with van der Waals surface area (Å²) in [4.78, 5) is 31.9. The summed E-state index contributed by atoms with van der Waals surface area (Å²) in [5.74, 6) is 0.0662. The predicted octanol–water partition coefficient (Wildman–Crippen LogP) is 5.68. The molecule has 1 saturated carbocycles. The normalized spacial score (nSPS) is 14.1. The molecule has 1 fully saturated rings. The first kappa shape index (κ1) is 23.2. The molecule has 1 aromatic heterocycles. The summed E-state index contributed by atoms with van der Waals surface area (Å²) >= 11 is 1.66. The van der Waals surface area contributed by atoms with E-state index in [0.717, 1.165) is 41.7 Å². The van der Waals surface area contributed by atoms with E-state index in [0.29, 0.717) is 19.5 Å². The summed E-state index contributed by atoms with van der Waals surface area (Å²) in [5, 5.41) is 2.04. The molecule has 1 heterocycles. The molecule has 2 aromatic carbocycles. The first-order chi connectivity index (χ1) is 16.2. The number of carbonyl (C=O) groups excluding carboxylic acids is 2. The molecule has 0 N–H and O–H groups in total. The Morgan fingerprint density at radius 3 is 2.06 bits per heavy atom. The van der Waals surface area contributed by atoms with E-state index in [1.165, 1.54) is 6.42 Å². The fourth-order valence-electron chi connectivity index (χ4n) is 4.56. The van der Waals surface area contributed by atoms with Crippen molar-refractivity contribution in [1.82, 2.24) is 9.80 Å². The Bertz CT molecular complexity index is 999. The van der Waals surface area contributed by atoms with E-state index in [1.807, 2.05) is 81.9 Å². The maximum absolute atomic E-state index is 13.6. The second-order valence-corrected chi connectivity index (χ2v) is 9.82. The van der Waals surface area contributed by atoms with Gasteiger partial charge < -0.3 is 9.80 Å². The van der Waals surface area contributed by atoms with E-state index in [-0.39, 0.29) is 24.4 Å². The zero-order valence-electron chi connectivity index (χ0n) is 19.1. The van der Waals surface area contributed by atoms with Crippen LogP contribution in [0.5, 0.6) is 0 Å². The number of thiophene rings is 1. The lowest BCUT2D eigenvalue weighted by atomic mass is 9.93. The van der Waals surface area contributed by atoms with Gasteiger partial charge in [0, 0.05) is 17.5 Å². The van der Waals surface area contributed by atoms with Crippen LogP contribution in [-0.2, 0) is 29.1 Å². The van der Waals surface area contributed by atoms with Crippen LogP contribution in [0.25, 0.3) is 0 Å². The van der Waals surface area contributed by atoms with Crippen LogP contribution in [0.3, 0.4) is 0 Å². The van der Waals surface area contributed by atoms with Gasteiger partial charge in [0.1, 0.15) is 6.54 Å². The van der Waals surface area contributed by atoms with Crippen molar-refractivity contribution in [3.8, 4) is 0 Å². The molecule has 0 saturated heterocycles. The van der Waals surface area contributed by atoms with Gasteiger partial charge in [-0.1, -0.05) is 86.0 Å². The average Bonchev–Trinajstić information content (AvgIpc) is 3.37. The zero-order chi connectivity index (χ0) is 22.9. The topological polar surface area (TPSA) is 40.6 Å². The molecule has 4 nitrogen and oxygen atoms in total. The SMILES string of the molecule is O=C(CN(C(=O)Cc1ccccc1)C1CCCCC1)N(Cc1ccccc1)Cc1cccs1. The number of carbonyl (C=O) groups is 2. The van der Waals surface area contributed by atoms with Gasteiger partial charge in [0.15, 0.2) is 0 Å². The molecule has 1 aliphatic carbocycles. The Kier molecular flexibility index (Phi) is 8.31. The van der Waals surface area contributed by atoms with Crippen molar-refractivity contribution in [2.24, 2.45) is 0 Å². The highest BCUT2D eigenvalue weighted by molar-refractivity contribution is 7.09. The number of amides is 2. The number of nitrogens with zero attached hydrogens (tertiary/aromatic N) is 2. The largest absolute Gasteiger partial charge is 0.332 e. The molecule has 33 heavy (non-hydrogen) atoms. The van der Waals surface area contributed by atoms with Crippen molar-refractivity contribution in [2.45, 2.75) is 57.7 Å². The van der Waals surface area contributed by atoms with E-state index in [9.17, 15) is 9.59 Å². The smallest absolute Gasteiger partial charge is 0.242 e. The van der Waals surface area contributed by atoms with Crippen LogP contribution in [0.1, 0.15) is 48.1 Å². The number of benzene rings is 2. The molecule has 3 aromatic rings. The standard InChI is InChI=1S/C28H32N2O2S/c31-27(19-23-11-4-1-5-12-23)30(25-15-8-3-9-16-25)22-28(32)29(21-26-17-10-18-33-26)20-24-13-6-2-7-14-24/h1-2,4-7,10-14,17-18,25H,3,8-9,15-16,19-22H2. The van der Waals surface area contributed by atoms with Gasteiger partial charge in [-0.25, -0.2) is 0 Å². The second kappa shape index (κ2) is 11.8. The molecule has 0 radical (unpaired) electrons. The Morgan fingerprint density at radius 2 is 1.42 bits per heavy atom. The highest BCUT2D eigenvalue weighted by Crippen LogP contribution is 2.24. The van der Waals surface area contributed by atoms with Crippen LogP contribution in [0.2, 0.25) is 0 Å². The molecule has 0 unspecified atom stereocenters. The third kappa shape index (κ3) is 6.78. The van der Waals surface area contributed by atoms with Crippen LogP contribution in [-0.4, -0.2) is 34.2 Å². The molecule has 4 rings (SSSR count). The molecule has 0 spiro atoms. The Balaban J connectivity index is 1.52. The predicted molar refractivity (Wildman–Crippen MR) is 134 cm³/mol. The van der Waals surface area contributed by atoms with Crippen LogP contribution < -0.4 is 0 Å². The van der Waals surface area contributed by atoms with E-state index in [2.05, 4.69) is 6.07 Å². The molecular weight excluding hydrogens is 428 g/mol. The molecule has 0 aliphatic heterocycles. The van der Waals surface area contributed by atoms with Crippen molar-refractivity contribution in [1.29, 1.82) is 0 Å². The van der Waals surface area contributed by atoms with Crippen LogP contribution >= 0.6 is 11.3 Å². The fourth-order valence-corrected chi connectivity index (χ4v) is 5.28. The third-order valence-corrected chi connectivity index (χ3v) is 7.20. The summed E-state index contributed by atoms with van der Waals surface area (Å²) in [6, 6.07) is 24.2. The van der Waals surface area contributed by atoms with Gasteiger partial charge in [-0.3, -0.25) is 9.59 Å². The molecule has 2 amide bonds. The van der Waals surface area contributed by atoms with E-state index >= 15 is 0 Å². The van der Waals surface area contributed by atoms with Crippen LogP contribution in [0.15, 0.2) is 78.2 Å². The fraction of sp³-hybridized carbons (Fsp3) is 0.357. The van der Waals surface area contributed by atoms with E-state index in [4.69, 9.17) is 0 Å². The monoisotopic (exact) mass is 460 g/mol. The number of hydrogen-bond acceptors (Lipinski definition) is 3. The van der Waals surface area contributed by atoms with Gasteiger partial charge in [-0.05, 0) is 35.4 Å². The highest BCUT2D eigenvalue weighted by atomic mass is 32.1. The Labute approximate surface area is 200 Å². The minimum absolute atomic E-state index is 0.0132. The zero-order valence-corrected chi connectivity index (χ0v) is 19.9. The van der Waals surface area contributed by atoms with Crippen LogP contribution in [0, 0.1) is 0 Å². The summed E-state index contributed by atoms with van der Waals surface area (Å²) in [6.45, 7) is 1.26. The maximum Gasteiger partial charge on any atom is 0.242 e. The lowest BCUT2D eigenvalue weighted by Gasteiger charge is -2.35. The maximum atomic E-state index is 13.6. The summed E-state index contributed by atoms with van der Waals surface area (Å²) in [6.07, 6.45) is 5.76. The molecule has 0 atom stereocenters. The Morgan fingerprint density at radius 1 is 0.758 bits per heavy atom. The van der Waals surface area contributed by atoms with E-state index in [1.54, 1.807) is 11.3 Å². The minimum Gasteiger partial charge on any atom is -0.332 e. The quantitative estimate of drug-likeness (QED) is 0.412. The van der Waals surface area contributed by atoms with Crippen molar-refractivity contribution < 1.29 is 9.59 Å². The van der Waals surface area contributed by atoms with Gasteiger partial charge in [-0.2, -0.15) is 0 Å². The first-order valence-electron chi connectivity index (χ1n) is 11.9. The summed E-state index contributed by atoms with van der Waals surface area (Å²) < 4.78 is 0. The Hall–Kier alpha value is -2.92. The summed E-state index contributed by atoms with van der Waals surface area (Å²) in [7, 11) is 0. The molecule has 172 valence electrons. The third-order valence-electron chi connectivity index (χ3n) is 6.34. The molecule has 1 aliphatic rings. The second-order valence-electron chi connectivity index (χ2n) is 8.79. The van der Waals surface area contributed by atoms with Crippen molar-refractivity contribution >= 4 is 23.2 Å². The summed E-state index contributed by atoms with van der Waals surface area (Å²) in [5.41, 5.74) is 2.10. The first-order valence-corrected chi connectivity index (χ1v) is 12.7. The van der Waals surface area contributed by atoms with Crippen molar-refractivity contribution in [3.05, 3.63) is 94.2 Å². The number of hydrogen-bond donors (Lipinski definition) is 0. The van der Waals surface area contributed by atoms with Gasteiger partial charge in [0.25, 0.3) is 0 Å². The van der Waals surface area contributed by atoms with E-state index < -0.39 is 0 Å². The highest BCUT2D eigenvalue weighted by Gasteiger charge is 2.29. The average molecular weight is 461 g/mol. The lowest BCUT2D eigenvalue weighted by Crippen LogP contribution is -2.48. The van der Waals surface area contributed by atoms with Crippen LogP contribution in [0.4, 0.5) is 0 Å². The lowest BCUT2D eigenvalue weighted by molar-refractivity contribution is -0.143.